The van der Waals surface area contributed by atoms with Crippen LogP contribution in [0.25, 0.3) is 21.2 Å². The van der Waals surface area contributed by atoms with Gasteiger partial charge in [0.25, 0.3) is 5.91 Å². The molecule has 3 aromatic heterocycles. The smallest absolute Gasteiger partial charge is 0.296 e. The van der Waals surface area contributed by atoms with Crippen molar-refractivity contribution in [1.29, 1.82) is 0 Å². The van der Waals surface area contributed by atoms with Gasteiger partial charge in [-0.05, 0) is 36.4 Å². The highest BCUT2D eigenvalue weighted by Crippen LogP contribution is 2.32. The van der Waals surface area contributed by atoms with Gasteiger partial charge in [0.05, 0.1) is 22.3 Å². The van der Waals surface area contributed by atoms with E-state index in [2.05, 4.69) is 9.97 Å². The van der Waals surface area contributed by atoms with Gasteiger partial charge >= 0.3 is 0 Å². The summed E-state index contributed by atoms with van der Waals surface area (Å²) < 4.78 is 20.5. The number of hydrogen-bond donors (Lipinski definition) is 0. The lowest BCUT2D eigenvalue weighted by molar-refractivity contribution is 0.0958. The van der Waals surface area contributed by atoms with E-state index in [4.69, 9.17) is 4.42 Å². The number of para-hydroxylation sites is 2. The Morgan fingerprint density at radius 3 is 2.71 bits per heavy atom. The van der Waals surface area contributed by atoms with Gasteiger partial charge in [0.2, 0.25) is 0 Å². The second-order valence-corrected chi connectivity index (χ2v) is 7.78. The van der Waals surface area contributed by atoms with Crippen molar-refractivity contribution in [2.24, 2.45) is 0 Å². The van der Waals surface area contributed by atoms with Crippen molar-refractivity contribution in [3.8, 4) is 0 Å². The van der Waals surface area contributed by atoms with Gasteiger partial charge in [-0.1, -0.05) is 35.6 Å². The van der Waals surface area contributed by atoms with Gasteiger partial charge in [0.1, 0.15) is 16.9 Å². The van der Waals surface area contributed by atoms with E-state index in [0.29, 0.717) is 21.4 Å². The summed E-state index contributed by atoms with van der Waals surface area (Å²) in [5.41, 5.74) is 0.782. The standard InChI is InChI=1S/C23H14FN3O3S/c24-16-8-5-10-20-21(16)26-23(31-20)27(13-14-6-3-4-11-25-14)22(29)19-12-17(28)15-7-1-2-9-18(15)30-19/h1-12H,13H2. The third kappa shape index (κ3) is 3.57. The Labute approximate surface area is 179 Å². The largest absolute Gasteiger partial charge is 0.451 e. The Hall–Kier alpha value is -3.91. The molecule has 0 saturated carbocycles. The van der Waals surface area contributed by atoms with Crippen molar-refractivity contribution in [3.05, 3.63) is 100 Å². The molecule has 152 valence electrons. The zero-order valence-electron chi connectivity index (χ0n) is 16.0. The highest BCUT2D eigenvalue weighted by atomic mass is 32.1. The second-order valence-electron chi connectivity index (χ2n) is 6.77. The molecule has 0 saturated heterocycles. The number of fused-ring (bicyclic) bond motifs is 2. The quantitative estimate of drug-likeness (QED) is 0.409. The molecule has 5 rings (SSSR count). The Kier molecular flexibility index (Phi) is 4.76. The predicted molar refractivity (Wildman–Crippen MR) is 117 cm³/mol. The Balaban J connectivity index is 1.63. The van der Waals surface area contributed by atoms with Crippen LogP contribution in [-0.2, 0) is 6.54 Å². The molecule has 0 bridgehead atoms. The first-order valence-corrected chi connectivity index (χ1v) is 10.2. The van der Waals surface area contributed by atoms with Gasteiger partial charge < -0.3 is 4.42 Å². The van der Waals surface area contributed by atoms with Crippen molar-refractivity contribution >= 4 is 43.6 Å². The van der Waals surface area contributed by atoms with Crippen LogP contribution in [0.3, 0.4) is 0 Å². The number of anilines is 1. The SMILES string of the molecule is O=C(c1cc(=O)c2ccccc2o1)N(Cc1ccccn1)c1nc2c(F)cccc2s1. The summed E-state index contributed by atoms with van der Waals surface area (Å²) in [5, 5.41) is 0.670. The number of pyridine rings is 1. The number of halogens is 1. The third-order valence-corrected chi connectivity index (χ3v) is 5.77. The number of benzene rings is 2. The lowest BCUT2D eigenvalue weighted by Gasteiger charge is -2.19. The second kappa shape index (κ2) is 7.73. The molecule has 0 aliphatic carbocycles. The molecule has 2 aromatic carbocycles. The summed E-state index contributed by atoms with van der Waals surface area (Å²) in [6.07, 6.45) is 1.62. The van der Waals surface area contributed by atoms with Gasteiger partial charge in [-0.25, -0.2) is 9.37 Å². The summed E-state index contributed by atoms with van der Waals surface area (Å²) in [5.74, 6) is -1.16. The van der Waals surface area contributed by atoms with Crippen LogP contribution in [-0.4, -0.2) is 15.9 Å². The molecular weight excluding hydrogens is 417 g/mol. The van der Waals surface area contributed by atoms with E-state index in [0.717, 1.165) is 0 Å². The molecule has 1 amide bonds. The summed E-state index contributed by atoms with van der Waals surface area (Å²) in [7, 11) is 0. The predicted octanol–water partition coefficient (Wildman–Crippen LogP) is 4.78. The zero-order valence-corrected chi connectivity index (χ0v) is 16.8. The monoisotopic (exact) mass is 431 g/mol. The summed E-state index contributed by atoms with van der Waals surface area (Å²) in [4.78, 5) is 35.9. The average Bonchev–Trinajstić information content (AvgIpc) is 3.23. The van der Waals surface area contributed by atoms with Crippen LogP contribution in [0.1, 0.15) is 16.2 Å². The number of nitrogens with zero attached hydrogens (tertiary/aromatic N) is 3. The summed E-state index contributed by atoms with van der Waals surface area (Å²) in [6.45, 7) is 0.0810. The molecule has 8 heteroatoms. The fourth-order valence-electron chi connectivity index (χ4n) is 3.24. The van der Waals surface area contributed by atoms with Gasteiger partial charge in [-0.15, -0.1) is 0 Å². The van der Waals surface area contributed by atoms with Gasteiger partial charge in [0.15, 0.2) is 16.3 Å². The third-order valence-electron chi connectivity index (χ3n) is 4.73. The van der Waals surface area contributed by atoms with Gasteiger partial charge in [0, 0.05) is 12.3 Å². The van der Waals surface area contributed by atoms with Crippen molar-refractivity contribution < 1.29 is 13.6 Å². The molecule has 0 aliphatic heterocycles. The molecule has 5 aromatic rings. The minimum atomic E-state index is -0.562. The van der Waals surface area contributed by atoms with Crippen LogP contribution in [0.4, 0.5) is 9.52 Å². The molecule has 0 fully saturated rings. The molecular formula is C23H14FN3O3S. The molecule has 3 heterocycles. The van der Waals surface area contributed by atoms with E-state index >= 15 is 0 Å². The minimum absolute atomic E-state index is 0.0810. The average molecular weight is 431 g/mol. The zero-order chi connectivity index (χ0) is 21.4. The fraction of sp³-hybridized carbons (Fsp3) is 0.0435. The van der Waals surface area contributed by atoms with Crippen LogP contribution >= 0.6 is 11.3 Å². The van der Waals surface area contributed by atoms with Crippen LogP contribution in [0, 0.1) is 5.82 Å². The van der Waals surface area contributed by atoms with Crippen molar-refractivity contribution in [2.45, 2.75) is 6.54 Å². The number of aromatic nitrogens is 2. The minimum Gasteiger partial charge on any atom is -0.451 e. The van der Waals surface area contributed by atoms with E-state index in [-0.39, 0.29) is 28.4 Å². The van der Waals surface area contributed by atoms with E-state index < -0.39 is 11.7 Å². The maximum atomic E-state index is 14.2. The molecule has 31 heavy (non-hydrogen) atoms. The number of amides is 1. The first-order chi connectivity index (χ1) is 15.1. The number of carbonyl (C=O) groups is 1. The van der Waals surface area contributed by atoms with Gasteiger partial charge in [-0.2, -0.15) is 0 Å². The summed E-state index contributed by atoms with van der Waals surface area (Å²) in [6, 6.07) is 17.9. The maximum Gasteiger partial charge on any atom is 0.296 e. The molecule has 0 N–H and O–H groups in total. The van der Waals surface area contributed by atoms with E-state index in [9.17, 15) is 14.0 Å². The van der Waals surface area contributed by atoms with Crippen molar-refractivity contribution in [1.82, 2.24) is 9.97 Å². The topological polar surface area (TPSA) is 76.3 Å². The fourth-order valence-corrected chi connectivity index (χ4v) is 4.22. The molecule has 0 radical (unpaired) electrons. The van der Waals surface area contributed by atoms with Crippen LogP contribution in [0.2, 0.25) is 0 Å². The number of hydrogen-bond acceptors (Lipinski definition) is 6. The lowest BCUT2D eigenvalue weighted by atomic mass is 10.2. The molecule has 0 aliphatic rings. The number of thiazole rings is 1. The van der Waals surface area contributed by atoms with Crippen LogP contribution in [0.15, 0.2) is 82.1 Å². The lowest BCUT2D eigenvalue weighted by Crippen LogP contribution is -2.31. The van der Waals surface area contributed by atoms with Gasteiger partial charge in [-0.3, -0.25) is 19.5 Å². The summed E-state index contributed by atoms with van der Waals surface area (Å²) >= 11 is 1.18. The Morgan fingerprint density at radius 2 is 1.90 bits per heavy atom. The first kappa shape index (κ1) is 19.1. The molecule has 0 atom stereocenters. The van der Waals surface area contributed by atoms with Crippen LogP contribution < -0.4 is 10.3 Å². The first-order valence-electron chi connectivity index (χ1n) is 9.40. The van der Waals surface area contributed by atoms with E-state index in [1.54, 1.807) is 60.8 Å². The number of rotatable bonds is 4. The molecule has 6 nitrogen and oxygen atoms in total. The van der Waals surface area contributed by atoms with Crippen molar-refractivity contribution in [3.63, 3.8) is 0 Å². The highest BCUT2D eigenvalue weighted by molar-refractivity contribution is 7.22. The van der Waals surface area contributed by atoms with E-state index in [1.807, 2.05) is 0 Å². The highest BCUT2D eigenvalue weighted by Gasteiger charge is 2.25. The molecule has 0 unspecified atom stereocenters. The van der Waals surface area contributed by atoms with E-state index in [1.165, 1.54) is 28.4 Å². The van der Waals surface area contributed by atoms with Crippen LogP contribution in [0.5, 0.6) is 0 Å². The Morgan fingerprint density at radius 1 is 1.06 bits per heavy atom. The molecule has 0 spiro atoms. The Bertz CT molecular complexity index is 1480. The maximum absolute atomic E-state index is 14.2. The van der Waals surface area contributed by atoms with Crippen molar-refractivity contribution in [2.75, 3.05) is 4.90 Å². The normalized spacial score (nSPS) is 11.1. The number of carbonyl (C=O) groups excluding carboxylic acids is 1.